The molecule has 0 aromatic heterocycles. The fraction of sp³-hybridized carbons (Fsp3) is 0.200. The predicted octanol–water partition coefficient (Wildman–Crippen LogP) is 1.88. The van der Waals surface area contributed by atoms with Gasteiger partial charge in [-0.05, 0) is 12.1 Å². The van der Waals surface area contributed by atoms with E-state index in [2.05, 4.69) is 11.9 Å². The molecule has 0 bridgehead atoms. The van der Waals surface area contributed by atoms with Crippen LogP contribution in [0.2, 0.25) is 0 Å². The maximum absolute atomic E-state index is 5.74. The van der Waals surface area contributed by atoms with Gasteiger partial charge in [0.05, 0.1) is 11.4 Å². The second-order valence-corrected chi connectivity index (χ2v) is 2.57. The van der Waals surface area contributed by atoms with Crippen molar-refractivity contribution in [1.82, 2.24) is 0 Å². The lowest BCUT2D eigenvalue weighted by Gasteiger charge is -2.11. The molecule has 0 heterocycles. The highest BCUT2D eigenvalue weighted by Gasteiger charge is 2.03. The van der Waals surface area contributed by atoms with Crippen LogP contribution in [-0.4, -0.2) is 13.7 Å². The van der Waals surface area contributed by atoms with Crippen LogP contribution >= 0.6 is 0 Å². The fourth-order valence-electron chi connectivity index (χ4n) is 1.08. The van der Waals surface area contributed by atoms with E-state index in [4.69, 9.17) is 10.5 Å². The van der Waals surface area contributed by atoms with E-state index in [-0.39, 0.29) is 0 Å². The van der Waals surface area contributed by atoms with Gasteiger partial charge in [0.1, 0.15) is 12.4 Å². The molecule has 3 nitrogen and oxygen atoms in total. The molecular formula is C10H14N2O. The molecule has 3 heteroatoms. The van der Waals surface area contributed by atoms with Crippen molar-refractivity contribution in [1.29, 1.82) is 0 Å². The summed E-state index contributed by atoms with van der Waals surface area (Å²) in [6.45, 7) is 4.06. The summed E-state index contributed by atoms with van der Waals surface area (Å²) in [5, 5.41) is 2.99. The third-order valence-electron chi connectivity index (χ3n) is 1.67. The van der Waals surface area contributed by atoms with Gasteiger partial charge in [0.15, 0.2) is 0 Å². The molecule has 0 aliphatic rings. The lowest BCUT2D eigenvalue weighted by molar-refractivity contribution is 0.365. The third-order valence-corrected chi connectivity index (χ3v) is 1.67. The van der Waals surface area contributed by atoms with Gasteiger partial charge in [-0.2, -0.15) is 0 Å². The topological polar surface area (TPSA) is 47.3 Å². The third kappa shape index (κ3) is 2.15. The van der Waals surface area contributed by atoms with E-state index in [9.17, 15) is 0 Å². The Balaban J connectivity index is 2.91. The molecule has 0 fully saturated rings. The van der Waals surface area contributed by atoms with Crippen LogP contribution in [0, 0.1) is 0 Å². The molecular weight excluding hydrogens is 164 g/mol. The summed E-state index contributed by atoms with van der Waals surface area (Å²) in [5.41, 5.74) is 7.24. The second kappa shape index (κ2) is 4.40. The van der Waals surface area contributed by atoms with E-state index < -0.39 is 0 Å². The van der Waals surface area contributed by atoms with Crippen molar-refractivity contribution >= 4 is 11.4 Å². The standard InChI is InChI=1S/C10H14N2O/c1-3-7-13-9-6-4-5-8(11)10(9)12-2/h3-6,12H,1,7,11H2,2H3. The van der Waals surface area contributed by atoms with Crippen LogP contribution in [0.3, 0.4) is 0 Å². The van der Waals surface area contributed by atoms with E-state index >= 15 is 0 Å². The first-order valence-corrected chi connectivity index (χ1v) is 4.09. The quantitative estimate of drug-likeness (QED) is 0.546. The number of para-hydroxylation sites is 1. The van der Waals surface area contributed by atoms with Crippen molar-refractivity contribution in [3.8, 4) is 5.75 Å². The van der Waals surface area contributed by atoms with Crippen LogP contribution in [0.1, 0.15) is 0 Å². The first-order chi connectivity index (χ1) is 6.29. The summed E-state index contributed by atoms with van der Waals surface area (Å²) in [6, 6.07) is 5.55. The SMILES string of the molecule is C=CCOc1cccc(N)c1NC. The molecule has 1 aromatic rings. The zero-order valence-corrected chi connectivity index (χ0v) is 7.71. The molecule has 13 heavy (non-hydrogen) atoms. The van der Waals surface area contributed by atoms with Crippen LogP contribution in [0.25, 0.3) is 0 Å². The molecule has 0 amide bonds. The Morgan fingerprint density at radius 2 is 2.38 bits per heavy atom. The van der Waals surface area contributed by atoms with Crippen molar-refractivity contribution in [2.45, 2.75) is 0 Å². The lowest BCUT2D eigenvalue weighted by atomic mass is 10.2. The minimum atomic E-state index is 0.484. The molecule has 0 aliphatic heterocycles. The summed E-state index contributed by atoms with van der Waals surface area (Å²) >= 11 is 0. The molecule has 0 atom stereocenters. The number of nitrogens with one attached hydrogen (secondary N) is 1. The smallest absolute Gasteiger partial charge is 0.144 e. The summed E-state index contributed by atoms with van der Waals surface area (Å²) in [5.74, 6) is 0.752. The molecule has 70 valence electrons. The van der Waals surface area contributed by atoms with Gasteiger partial charge < -0.3 is 15.8 Å². The minimum Gasteiger partial charge on any atom is -0.487 e. The summed E-state index contributed by atoms with van der Waals surface area (Å²) in [4.78, 5) is 0. The monoisotopic (exact) mass is 178 g/mol. The van der Waals surface area contributed by atoms with Crippen molar-refractivity contribution in [2.75, 3.05) is 24.7 Å². The Kier molecular flexibility index (Phi) is 3.20. The van der Waals surface area contributed by atoms with Crippen LogP contribution in [0.15, 0.2) is 30.9 Å². The lowest BCUT2D eigenvalue weighted by Crippen LogP contribution is -2.01. The minimum absolute atomic E-state index is 0.484. The highest BCUT2D eigenvalue weighted by atomic mass is 16.5. The van der Waals surface area contributed by atoms with E-state index in [0.717, 1.165) is 11.4 Å². The van der Waals surface area contributed by atoms with Crippen molar-refractivity contribution in [3.05, 3.63) is 30.9 Å². The van der Waals surface area contributed by atoms with Crippen LogP contribution in [0.4, 0.5) is 11.4 Å². The summed E-state index contributed by atoms with van der Waals surface area (Å²) < 4.78 is 5.40. The first-order valence-electron chi connectivity index (χ1n) is 4.09. The number of ether oxygens (including phenoxy) is 1. The van der Waals surface area contributed by atoms with Crippen molar-refractivity contribution < 1.29 is 4.74 Å². The molecule has 1 rings (SSSR count). The first kappa shape index (κ1) is 9.45. The number of benzene rings is 1. The molecule has 0 unspecified atom stereocenters. The molecule has 1 aromatic carbocycles. The normalized spacial score (nSPS) is 9.31. The largest absolute Gasteiger partial charge is 0.487 e. The molecule has 0 aliphatic carbocycles. The molecule has 0 saturated carbocycles. The highest BCUT2D eigenvalue weighted by Crippen LogP contribution is 2.29. The van der Waals surface area contributed by atoms with Gasteiger partial charge in [-0.3, -0.25) is 0 Å². The van der Waals surface area contributed by atoms with Gasteiger partial charge in [0.2, 0.25) is 0 Å². The molecule has 3 N–H and O–H groups in total. The van der Waals surface area contributed by atoms with Crippen LogP contribution in [0.5, 0.6) is 5.75 Å². The number of nitrogens with two attached hydrogens (primary N) is 1. The van der Waals surface area contributed by atoms with Gasteiger partial charge in [0, 0.05) is 7.05 Å². The average molecular weight is 178 g/mol. The molecule has 0 saturated heterocycles. The number of nitrogen functional groups attached to an aromatic ring is 1. The fourth-order valence-corrected chi connectivity index (χ4v) is 1.08. The zero-order chi connectivity index (χ0) is 9.68. The van der Waals surface area contributed by atoms with Crippen molar-refractivity contribution in [2.24, 2.45) is 0 Å². The Labute approximate surface area is 78.2 Å². The average Bonchev–Trinajstić information content (AvgIpc) is 2.15. The number of rotatable bonds is 4. The van der Waals surface area contributed by atoms with Gasteiger partial charge in [-0.15, -0.1) is 0 Å². The Hall–Kier alpha value is -1.64. The van der Waals surface area contributed by atoms with Crippen LogP contribution < -0.4 is 15.8 Å². The van der Waals surface area contributed by atoms with E-state index in [1.807, 2.05) is 25.2 Å². The van der Waals surface area contributed by atoms with Gasteiger partial charge in [-0.25, -0.2) is 0 Å². The predicted molar refractivity (Wildman–Crippen MR) is 56.1 cm³/mol. The van der Waals surface area contributed by atoms with Crippen molar-refractivity contribution in [3.63, 3.8) is 0 Å². The number of anilines is 2. The van der Waals surface area contributed by atoms with E-state index in [0.29, 0.717) is 12.3 Å². The maximum atomic E-state index is 5.74. The number of hydrogen-bond acceptors (Lipinski definition) is 3. The Bertz CT molecular complexity index is 297. The van der Waals surface area contributed by atoms with Gasteiger partial charge in [-0.1, -0.05) is 18.7 Å². The Morgan fingerprint density at radius 3 is 3.00 bits per heavy atom. The number of hydrogen-bond donors (Lipinski definition) is 2. The summed E-state index contributed by atoms with van der Waals surface area (Å²) in [6.07, 6.45) is 1.70. The van der Waals surface area contributed by atoms with E-state index in [1.54, 1.807) is 6.08 Å². The highest BCUT2D eigenvalue weighted by molar-refractivity contribution is 5.73. The molecule has 0 spiro atoms. The zero-order valence-electron chi connectivity index (χ0n) is 7.71. The molecule has 0 radical (unpaired) electrons. The Morgan fingerprint density at radius 1 is 1.62 bits per heavy atom. The van der Waals surface area contributed by atoms with Gasteiger partial charge >= 0.3 is 0 Å². The van der Waals surface area contributed by atoms with Crippen LogP contribution in [-0.2, 0) is 0 Å². The van der Waals surface area contributed by atoms with Gasteiger partial charge in [0.25, 0.3) is 0 Å². The van der Waals surface area contributed by atoms with E-state index in [1.165, 1.54) is 0 Å². The maximum Gasteiger partial charge on any atom is 0.144 e. The summed E-state index contributed by atoms with van der Waals surface area (Å²) in [7, 11) is 1.81. The second-order valence-electron chi connectivity index (χ2n) is 2.57.